The van der Waals surface area contributed by atoms with Gasteiger partial charge in [0.15, 0.2) is 0 Å². The van der Waals surface area contributed by atoms with E-state index in [2.05, 4.69) is 11.4 Å². The van der Waals surface area contributed by atoms with Crippen LogP contribution in [0.3, 0.4) is 0 Å². The van der Waals surface area contributed by atoms with Crippen molar-refractivity contribution in [2.75, 3.05) is 15.8 Å². The number of hydrogen-bond acceptors (Lipinski definition) is 5. The standard InChI is InChI=1S/C30H28ClN3O3S2/c31-26-7-2-1-5-23(26)19-33-29(35)22-10-11-27-25(17-22)30(12-14-38-15-13-30)28(21-8-9-21)34(27)39(36,37)24-6-3-4-20(16-24)18-32/h1-7,10-11,16-17,21,28H,8-9,12-15,19H2,(H,33,35). The van der Waals surface area contributed by atoms with E-state index in [0.29, 0.717) is 28.4 Å². The minimum Gasteiger partial charge on any atom is -0.348 e. The number of amides is 1. The van der Waals surface area contributed by atoms with Crippen LogP contribution in [0.5, 0.6) is 0 Å². The Morgan fingerprint density at radius 1 is 1.08 bits per heavy atom. The van der Waals surface area contributed by atoms with E-state index in [-0.39, 0.29) is 28.2 Å². The van der Waals surface area contributed by atoms with Crippen molar-refractivity contribution in [1.29, 1.82) is 5.26 Å². The molecule has 2 aliphatic heterocycles. The zero-order chi connectivity index (χ0) is 27.2. The molecule has 39 heavy (non-hydrogen) atoms. The Labute approximate surface area is 238 Å². The second kappa shape index (κ2) is 10.2. The SMILES string of the molecule is N#Cc1cccc(S(=O)(=O)N2c3ccc(C(=O)NCc4ccccc4Cl)cc3C3(CCSCC3)C2C2CC2)c1. The van der Waals surface area contributed by atoms with Crippen molar-refractivity contribution in [3.8, 4) is 6.07 Å². The molecule has 2 fully saturated rings. The van der Waals surface area contributed by atoms with Gasteiger partial charge in [0.2, 0.25) is 0 Å². The van der Waals surface area contributed by atoms with Gasteiger partial charge in [-0.05, 0) is 96.7 Å². The fraction of sp³-hybridized carbons (Fsp3) is 0.333. The summed E-state index contributed by atoms with van der Waals surface area (Å²) in [5, 5.41) is 13.0. The minimum absolute atomic E-state index is 0.127. The van der Waals surface area contributed by atoms with Crippen LogP contribution in [0.1, 0.15) is 52.7 Å². The average Bonchev–Trinajstić information content (AvgIpc) is 3.76. The first-order valence-corrected chi connectivity index (χ1v) is 16.1. The predicted octanol–water partition coefficient (Wildman–Crippen LogP) is 5.89. The molecule has 3 aliphatic rings. The van der Waals surface area contributed by atoms with E-state index in [0.717, 1.165) is 48.3 Å². The molecule has 0 aromatic heterocycles. The number of nitriles is 1. The lowest BCUT2D eigenvalue weighted by atomic mass is 9.70. The van der Waals surface area contributed by atoms with Crippen LogP contribution in [0.15, 0.2) is 71.6 Å². The molecule has 6 nitrogen and oxygen atoms in total. The van der Waals surface area contributed by atoms with Gasteiger partial charge in [0.25, 0.3) is 15.9 Å². The van der Waals surface area contributed by atoms with E-state index >= 15 is 0 Å². The van der Waals surface area contributed by atoms with Crippen LogP contribution in [0.25, 0.3) is 0 Å². The number of sulfonamides is 1. The molecule has 0 radical (unpaired) electrons. The maximum absolute atomic E-state index is 14.3. The molecule has 1 aliphatic carbocycles. The number of fused-ring (bicyclic) bond motifs is 2. The summed E-state index contributed by atoms with van der Waals surface area (Å²) in [6.07, 6.45) is 3.70. The molecule has 200 valence electrons. The van der Waals surface area contributed by atoms with Gasteiger partial charge in [-0.3, -0.25) is 9.10 Å². The Balaban J connectivity index is 1.42. The van der Waals surface area contributed by atoms with E-state index in [1.807, 2.05) is 36.0 Å². The Kier molecular flexibility index (Phi) is 6.86. The van der Waals surface area contributed by atoms with E-state index in [4.69, 9.17) is 11.6 Å². The highest BCUT2D eigenvalue weighted by atomic mass is 35.5. The molecule has 1 saturated carbocycles. The van der Waals surface area contributed by atoms with Crippen molar-refractivity contribution in [2.45, 2.75) is 48.6 Å². The van der Waals surface area contributed by atoms with Crippen molar-refractivity contribution in [3.05, 3.63) is 94.0 Å². The summed E-state index contributed by atoms with van der Waals surface area (Å²) in [5.41, 5.74) is 2.92. The molecule has 3 aromatic rings. The number of nitrogens with zero attached hydrogens (tertiary/aromatic N) is 2. The van der Waals surface area contributed by atoms with Gasteiger partial charge in [-0.15, -0.1) is 0 Å². The third kappa shape index (κ3) is 4.61. The molecule has 2 heterocycles. The fourth-order valence-electron chi connectivity index (χ4n) is 6.20. The van der Waals surface area contributed by atoms with Crippen molar-refractivity contribution in [3.63, 3.8) is 0 Å². The van der Waals surface area contributed by atoms with E-state index < -0.39 is 10.0 Å². The zero-order valence-electron chi connectivity index (χ0n) is 21.3. The first-order valence-electron chi connectivity index (χ1n) is 13.1. The summed E-state index contributed by atoms with van der Waals surface area (Å²) in [4.78, 5) is 13.4. The normalized spacial score (nSPS) is 19.9. The number of carbonyl (C=O) groups excluding carboxylic acids is 1. The number of thioether (sulfide) groups is 1. The number of carbonyl (C=O) groups is 1. The molecule has 6 rings (SSSR count). The summed E-state index contributed by atoms with van der Waals surface area (Å²) < 4.78 is 30.2. The van der Waals surface area contributed by atoms with Crippen LogP contribution >= 0.6 is 23.4 Å². The Morgan fingerprint density at radius 2 is 1.85 bits per heavy atom. The smallest absolute Gasteiger partial charge is 0.264 e. The largest absolute Gasteiger partial charge is 0.348 e. The van der Waals surface area contributed by atoms with Gasteiger partial charge in [0, 0.05) is 22.5 Å². The first kappa shape index (κ1) is 26.2. The zero-order valence-corrected chi connectivity index (χ0v) is 23.7. The molecule has 0 bridgehead atoms. The van der Waals surface area contributed by atoms with E-state index in [1.54, 1.807) is 40.7 Å². The van der Waals surface area contributed by atoms with Gasteiger partial charge in [-0.25, -0.2) is 8.42 Å². The van der Waals surface area contributed by atoms with Crippen LogP contribution in [0.2, 0.25) is 5.02 Å². The van der Waals surface area contributed by atoms with E-state index in [9.17, 15) is 18.5 Å². The Hall–Kier alpha value is -2.99. The lowest BCUT2D eigenvalue weighted by molar-refractivity contribution is 0.0950. The topological polar surface area (TPSA) is 90.3 Å². The number of rotatable bonds is 6. The van der Waals surface area contributed by atoms with Gasteiger partial charge in [-0.1, -0.05) is 35.9 Å². The van der Waals surface area contributed by atoms with Crippen LogP contribution in [-0.2, 0) is 22.0 Å². The highest BCUT2D eigenvalue weighted by Crippen LogP contribution is 2.59. The molecule has 1 atom stereocenters. The van der Waals surface area contributed by atoms with Crippen molar-refractivity contribution >= 4 is 45.0 Å². The number of hydrogen-bond donors (Lipinski definition) is 1. The average molecular weight is 578 g/mol. The molecule has 1 amide bonds. The summed E-state index contributed by atoms with van der Waals surface area (Å²) in [6.45, 7) is 0.303. The molecule has 9 heteroatoms. The van der Waals surface area contributed by atoms with Gasteiger partial charge >= 0.3 is 0 Å². The van der Waals surface area contributed by atoms with Gasteiger partial charge < -0.3 is 5.32 Å². The van der Waals surface area contributed by atoms with Crippen LogP contribution in [-0.4, -0.2) is 31.9 Å². The number of nitrogens with one attached hydrogen (secondary N) is 1. The summed E-state index contributed by atoms with van der Waals surface area (Å²) >= 11 is 8.17. The van der Waals surface area contributed by atoms with Crippen LogP contribution in [0.4, 0.5) is 5.69 Å². The molecular formula is C30H28ClN3O3S2. The quantitative estimate of drug-likeness (QED) is 0.394. The molecule has 1 N–H and O–H groups in total. The third-order valence-electron chi connectivity index (χ3n) is 8.22. The highest BCUT2D eigenvalue weighted by Gasteiger charge is 2.59. The maximum Gasteiger partial charge on any atom is 0.264 e. The lowest BCUT2D eigenvalue weighted by Crippen LogP contribution is -2.50. The van der Waals surface area contributed by atoms with Gasteiger partial charge in [0.1, 0.15) is 0 Å². The molecule has 3 aromatic carbocycles. The number of anilines is 1. The van der Waals surface area contributed by atoms with Crippen LogP contribution in [0, 0.1) is 17.2 Å². The van der Waals surface area contributed by atoms with Crippen molar-refractivity contribution in [2.24, 2.45) is 5.92 Å². The second-order valence-electron chi connectivity index (χ2n) is 10.5. The lowest BCUT2D eigenvalue weighted by Gasteiger charge is -2.41. The van der Waals surface area contributed by atoms with Crippen LogP contribution < -0.4 is 9.62 Å². The Morgan fingerprint density at radius 3 is 2.56 bits per heavy atom. The minimum atomic E-state index is -3.94. The summed E-state index contributed by atoms with van der Waals surface area (Å²) in [5.74, 6) is 1.95. The van der Waals surface area contributed by atoms with Crippen molar-refractivity contribution < 1.29 is 13.2 Å². The number of halogens is 1. The third-order valence-corrected chi connectivity index (χ3v) is 11.4. The molecule has 1 unspecified atom stereocenters. The highest BCUT2D eigenvalue weighted by molar-refractivity contribution is 7.99. The monoisotopic (exact) mass is 577 g/mol. The first-order chi connectivity index (χ1) is 18.8. The summed E-state index contributed by atoms with van der Waals surface area (Å²) in [7, 11) is -3.94. The maximum atomic E-state index is 14.3. The molecular weight excluding hydrogens is 550 g/mol. The van der Waals surface area contributed by atoms with E-state index in [1.165, 1.54) is 6.07 Å². The van der Waals surface area contributed by atoms with Crippen molar-refractivity contribution in [1.82, 2.24) is 5.32 Å². The second-order valence-corrected chi connectivity index (χ2v) is 13.9. The predicted molar refractivity (Wildman–Crippen MR) is 155 cm³/mol. The number of benzene rings is 3. The molecule has 1 saturated heterocycles. The van der Waals surface area contributed by atoms with Gasteiger partial charge in [0.05, 0.1) is 28.3 Å². The fourth-order valence-corrected chi connectivity index (χ4v) is 9.46. The summed E-state index contributed by atoms with van der Waals surface area (Å²) in [6, 6.07) is 21.0. The Bertz CT molecular complexity index is 1590. The van der Waals surface area contributed by atoms with Gasteiger partial charge in [-0.2, -0.15) is 17.0 Å². The molecule has 1 spiro atoms.